The summed E-state index contributed by atoms with van der Waals surface area (Å²) in [5.41, 5.74) is 1.75. The average Bonchev–Trinajstić information content (AvgIpc) is 3.65. The predicted octanol–water partition coefficient (Wildman–Crippen LogP) is 4.00. The number of Topliss-reactive ketones (excluding diaryl/α,β-unsaturated/α-hetero) is 1. The molecule has 1 N–H and O–H groups in total. The van der Waals surface area contributed by atoms with Crippen LogP contribution in [0.15, 0.2) is 41.3 Å². The van der Waals surface area contributed by atoms with Crippen LogP contribution >= 0.6 is 11.6 Å². The highest BCUT2D eigenvalue weighted by Gasteiger charge is 2.33. The van der Waals surface area contributed by atoms with Gasteiger partial charge in [-0.25, -0.2) is 9.18 Å². The fourth-order valence-electron chi connectivity index (χ4n) is 5.59. The molecule has 0 bridgehead atoms. The number of aromatic nitrogens is 1. The van der Waals surface area contributed by atoms with Crippen molar-refractivity contribution in [2.75, 3.05) is 37.6 Å². The first-order chi connectivity index (χ1) is 17.3. The van der Waals surface area contributed by atoms with Gasteiger partial charge in [0.05, 0.1) is 11.2 Å². The molecule has 1 saturated heterocycles. The van der Waals surface area contributed by atoms with Gasteiger partial charge in [0.1, 0.15) is 11.4 Å². The molecule has 186 valence electrons. The van der Waals surface area contributed by atoms with Gasteiger partial charge in [-0.15, -0.1) is 0 Å². The van der Waals surface area contributed by atoms with Gasteiger partial charge in [-0.2, -0.15) is 0 Å². The van der Waals surface area contributed by atoms with Crippen molar-refractivity contribution in [3.05, 3.63) is 74.3 Å². The molecule has 0 amide bonds. The normalized spacial score (nSPS) is 20.2. The summed E-state index contributed by atoms with van der Waals surface area (Å²) >= 11 is 6.09. The molecule has 9 heteroatoms. The lowest BCUT2D eigenvalue weighted by Gasteiger charge is -2.37. The number of carbonyl (C=O) groups excluding carboxylic acids is 1. The second-order valence-electron chi connectivity index (χ2n) is 9.99. The first kappa shape index (κ1) is 23.2. The van der Waals surface area contributed by atoms with Gasteiger partial charge in [-0.1, -0.05) is 11.6 Å². The van der Waals surface area contributed by atoms with Gasteiger partial charge in [0.2, 0.25) is 5.43 Å². The molecule has 1 unspecified atom stereocenters. The topological polar surface area (TPSA) is 82.8 Å². The zero-order valence-corrected chi connectivity index (χ0v) is 20.3. The quantitative estimate of drug-likeness (QED) is 0.560. The van der Waals surface area contributed by atoms with E-state index in [2.05, 4.69) is 4.90 Å². The molecule has 1 saturated carbocycles. The fourth-order valence-corrected chi connectivity index (χ4v) is 5.78. The molecule has 2 aromatic carbocycles. The van der Waals surface area contributed by atoms with E-state index in [0.717, 1.165) is 24.0 Å². The number of hydrogen-bond donors (Lipinski definition) is 1. The van der Waals surface area contributed by atoms with E-state index in [9.17, 15) is 19.5 Å². The largest absolute Gasteiger partial charge is 0.477 e. The van der Waals surface area contributed by atoms with Crippen molar-refractivity contribution >= 4 is 39.9 Å². The summed E-state index contributed by atoms with van der Waals surface area (Å²) in [6.45, 7) is 3.20. The molecule has 1 atom stereocenters. The summed E-state index contributed by atoms with van der Waals surface area (Å²) in [4.78, 5) is 41.3. The van der Waals surface area contributed by atoms with E-state index in [0.29, 0.717) is 55.4 Å². The van der Waals surface area contributed by atoms with Crippen LogP contribution in [0.4, 0.5) is 10.1 Å². The minimum absolute atomic E-state index is 0.0982. The standard InChI is InChI=1S/C27H25ClFN3O4/c28-17-1-4-19-15(10-17)9-16(25(19)33)13-30-5-7-31(8-6-30)24-12-23-20(11-22(24)29)26(34)21(27(35)36)14-32(23)18-2-3-18/h1,4,10-12,14,16,18H,2-3,5-9,13H2,(H,35,36). The molecule has 2 heterocycles. The van der Waals surface area contributed by atoms with Gasteiger partial charge in [-0.3, -0.25) is 14.5 Å². The van der Waals surface area contributed by atoms with Crippen LogP contribution in [0.2, 0.25) is 5.02 Å². The van der Waals surface area contributed by atoms with E-state index in [1.54, 1.807) is 18.2 Å². The van der Waals surface area contributed by atoms with Crippen molar-refractivity contribution < 1.29 is 19.1 Å². The van der Waals surface area contributed by atoms with Crippen molar-refractivity contribution in [3.63, 3.8) is 0 Å². The number of halogens is 2. The molecule has 3 aromatic rings. The van der Waals surface area contributed by atoms with E-state index in [4.69, 9.17) is 11.6 Å². The maximum atomic E-state index is 15.2. The van der Waals surface area contributed by atoms with Crippen molar-refractivity contribution in [2.45, 2.75) is 25.3 Å². The van der Waals surface area contributed by atoms with Crippen molar-refractivity contribution in [1.29, 1.82) is 0 Å². The zero-order valence-electron chi connectivity index (χ0n) is 19.5. The Bertz CT molecular complexity index is 1470. The first-order valence-electron chi connectivity index (χ1n) is 12.2. The lowest BCUT2D eigenvalue weighted by Crippen LogP contribution is -2.48. The number of carboxylic acid groups (broad SMARTS) is 1. The Morgan fingerprint density at radius 1 is 1.08 bits per heavy atom. The van der Waals surface area contributed by atoms with E-state index >= 15 is 4.39 Å². The molecule has 2 aliphatic carbocycles. The predicted molar refractivity (Wildman–Crippen MR) is 135 cm³/mol. The minimum Gasteiger partial charge on any atom is -0.477 e. The van der Waals surface area contributed by atoms with Crippen LogP contribution in [0.5, 0.6) is 0 Å². The fraction of sp³-hybridized carbons (Fsp3) is 0.370. The summed E-state index contributed by atoms with van der Waals surface area (Å²) in [5, 5.41) is 10.2. The highest BCUT2D eigenvalue weighted by Crippen LogP contribution is 2.38. The second-order valence-corrected chi connectivity index (χ2v) is 10.4. The lowest BCUT2D eigenvalue weighted by atomic mass is 10.0. The molecule has 6 rings (SSSR count). The smallest absolute Gasteiger partial charge is 0.341 e. The van der Waals surface area contributed by atoms with E-state index < -0.39 is 17.2 Å². The number of hydrogen-bond acceptors (Lipinski definition) is 5. The summed E-state index contributed by atoms with van der Waals surface area (Å²) in [6.07, 6.45) is 3.89. The van der Waals surface area contributed by atoms with Crippen LogP contribution in [0.3, 0.4) is 0 Å². The van der Waals surface area contributed by atoms with Gasteiger partial charge in [-0.05, 0) is 55.2 Å². The van der Waals surface area contributed by atoms with E-state index in [-0.39, 0.29) is 28.7 Å². The van der Waals surface area contributed by atoms with Crippen molar-refractivity contribution in [2.24, 2.45) is 5.92 Å². The van der Waals surface area contributed by atoms with Gasteiger partial charge < -0.3 is 14.6 Å². The Hall–Kier alpha value is -3.23. The van der Waals surface area contributed by atoms with E-state index in [1.807, 2.05) is 15.5 Å². The Morgan fingerprint density at radius 2 is 1.83 bits per heavy atom. The average molecular weight is 510 g/mol. The number of fused-ring (bicyclic) bond motifs is 2. The number of ketones is 1. The number of aromatic carboxylic acids is 1. The molecule has 7 nitrogen and oxygen atoms in total. The molecule has 3 aliphatic rings. The van der Waals surface area contributed by atoms with Crippen molar-refractivity contribution in [3.8, 4) is 0 Å². The number of benzene rings is 2. The minimum atomic E-state index is -1.30. The SMILES string of the molecule is O=C(O)c1cn(C2CC2)c2cc(N3CCN(CC4Cc5cc(Cl)ccc5C4=O)CC3)c(F)cc2c1=O. The van der Waals surface area contributed by atoms with E-state index in [1.165, 1.54) is 12.3 Å². The molecule has 1 aromatic heterocycles. The number of rotatable bonds is 5. The Morgan fingerprint density at radius 3 is 2.53 bits per heavy atom. The molecule has 2 fully saturated rings. The maximum Gasteiger partial charge on any atom is 0.341 e. The molecule has 0 radical (unpaired) electrons. The molecule has 0 spiro atoms. The third-order valence-corrected chi connectivity index (χ3v) is 7.87. The molecule has 36 heavy (non-hydrogen) atoms. The third-order valence-electron chi connectivity index (χ3n) is 7.63. The highest BCUT2D eigenvalue weighted by atomic mass is 35.5. The first-order valence-corrected chi connectivity index (χ1v) is 12.6. The van der Waals surface area contributed by atoms with Gasteiger partial charge >= 0.3 is 5.97 Å². The number of anilines is 1. The van der Waals surface area contributed by atoms with Crippen LogP contribution in [0, 0.1) is 11.7 Å². The monoisotopic (exact) mass is 509 g/mol. The Labute approximate surface area is 211 Å². The highest BCUT2D eigenvalue weighted by molar-refractivity contribution is 6.30. The summed E-state index contributed by atoms with van der Waals surface area (Å²) in [5.74, 6) is -1.78. The summed E-state index contributed by atoms with van der Waals surface area (Å²) in [6, 6.07) is 8.43. The van der Waals surface area contributed by atoms with Crippen LogP contribution in [-0.4, -0.2) is 59.0 Å². The van der Waals surface area contributed by atoms with Gasteiger partial charge in [0.15, 0.2) is 5.78 Å². The Balaban J connectivity index is 1.21. The molecular formula is C27H25ClFN3O4. The van der Waals surface area contributed by atoms with Crippen molar-refractivity contribution in [1.82, 2.24) is 9.47 Å². The number of carboxylic acids is 1. The van der Waals surface area contributed by atoms with Crippen LogP contribution in [0.25, 0.3) is 10.9 Å². The molecule has 1 aliphatic heterocycles. The summed E-state index contributed by atoms with van der Waals surface area (Å²) < 4.78 is 17.0. The maximum absolute atomic E-state index is 15.2. The number of carbonyl (C=O) groups is 2. The molecular weight excluding hydrogens is 485 g/mol. The van der Waals surface area contributed by atoms with Gasteiger partial charge in [0, 0.05) is 66.9 Å². The van der Waals surface area contributed by atoms with Crippen LogP contribution in [0.1, 0.15) is 45.2 Å². The van der Waals surface area contributed by atoms with Crippen LogP contribution in [-0.2, 0) is 6.42 Å². The second kappa shape index (κ2) is 8.71. The summed E-state index contributed by atoms with van der Waals surface area (Å²) in [7, 11) is 0. The number of piperazine rings is 1. The van der Waals surface area contributed by atoms with Gasteiger partial charge in [0.25, 0.3) is 0 Å². The number of nitrogens with zero attached hydrogens (tertiary/aromatic N) is 3. The third kappa shape index (κ3) is 3.98. The van der Waals surface area contributed by atoms with Crippen LogP contribution < -0.4 is 10.3 Å². The lowest BCUT2D eigenvalue weighted by molar-refractivity contribution is 0.0694. The zero-order chi connectivity index (χ0) is 25.1. The number of pyridine rings is 1. The Kier molecular flexibility index (Phi) is 5.61.